The molecule has 1 aliphatic rings. The Kier molecular flexibility index (Phi) is 5.48. The third-order valence-electron chi connectivity index (χ3n) is 3.49. The molecule has 1 amide bonds. The first-order valence-electron chi connectivity index (χ1n) is 6.40. The van der Waals surface area contributed by atoms with Gasteiger partial charge in [0.15, 0.2) is 0 Å². The average molecular weight is 422 g/mol. The summed E-state index contributed by atoms with van der Waals surface area (Å²) in [6, 6.07) is 5.82. The van der Waals surface area contributed by atoms with Crippen LogP contribution in [0.15, 0.2) is 22.7 Å². The van der Waals surface area contributed by atoms with Crippen molar-refractivity contribution in [3.8, 4) is 0 Å². The van der Waals surface area contributed by atoms with Crippen molar-refractivity contribution in [3.63, 3.8) is 0 Å². The number of benzene rings is 1. The second kappa shape index (κ2) is 6.89. The van der Waals surface area contributed by atoms with Gasteiger partial charge in [0.1, 0.15) is 0 Å². The van der Waals surface area contributed by atoms with Crippen LogP contribution in [0.2, 0.25) is 0 Å². The number of hydrogen-bond acceptors (Lipinski definition) is 1. The van der Waals surface area contributed by atoms with Gasteiger partial charge in [-0.05, 0) is 69.1 Å². The van der Waals surface area contributed by atoms with Crippen molar-refractivity contribution < 1.29 is 4.79 Å². The molecule has 0 aromatic heterocycles. The van der Waals surface area contributed by atoms with Gasteiger partial charge >= 0.3 is 0 Å². The summed E-state index contributed by atoms with van der Waals surface area (Å²) in [4.78, 5) is 12.0. The number of nitrogens with one attached hydrogen (secondary N) is 1. The molecular formula is C14H17BrINO. The molecule has 0 spiro atoms. The first-order chi connectivity index (χ1) is 8.66. The van der Waals surface area contributed by atoms with Gasteiger partial charge in [0.25, 0.3) is 5.91 Å². The van der Waals surface area contributed by atoms with Crippen molar-refractivity contribution in [1.29, 1.82) is 0 Å². The van der Waals surface area contributed by atoms with Crippen LogP contribution in [0.25, 0.3) is 0 Å². The second-order valence-electron chi connectivity index (χ2n) is 4.82. The molecule has 0 unspecified atom stereocenters. The Morgan fingerprint density at radius 2 is 2.11 bits per heavy atom. The van der Waals surface area contributed by atoms with Crippen molar-refractivity contribution in [2.24, 2.45) is 5.92 Å². The number of amides is 1. The number of halogens is 2. The number of rotatable bonds is 4. The molecular weight excluding hydrogens is 405 g/mol. The van der Waals surface area contributed by atoms with Crippen LogP contribution in [0.1, 0.15) is 42.5 Å². The van der Waals surface area contributed by atoms with E-state index in [0.29, 0.717) is 0 Å². The van der Waals surface area contributed by atoms with Crippen LogP contribution in [0, 0.1) is 9.49 Å². The van der Waals surface area contributed by atoms with E-state index < -0.39 is 0 Å². The summed E-state index contributed by atoms with van der Waals surface area (Å²) in [6.45, 7) is 0.793. The van der Waals surface area contributed by atoms with Crippen molar-refractivity contribution in [2.45, 2.75) is 32.1 Å². The summed E-state index contributed by atoms with van der Waals surface area (Å²) in [7, 11) is 0. The summed E-state index contributed by atoms with van der Waals surface area (Å²) in [6.07, 6.45) is 6.51. The Labute approximate surface area is 130 Å². The van der Waals surface area contributed by atoms with E-state index in [4.69, 9.17) is 0 Å². The van der Waals surface area contributed by atoms with E-state index in [2.05, 4.69) is 43.8 Å². The largest absolute Gasteiger partial charge is 0.352 e. The topological polar surface area (TPSA) is 29.1 Å². The van der Waals surface area contributed by atoms with Crippen LogP contribution in [0.4, 0.5) is 0 Å². The Morgan fingerprint density at radius 3 is 2.83 bits per heavy atom. The first kappa shape index (κ1) is 14.3. The minimum absolute atomic E-state index is 0.0263. The lowest BCUT2D eigenvalue weighted by atomic mass is 10.0. The maximum atomic E-state index is 12.0. The third-order valence-corrected chi connectivity index (χ3v) is 4.85. The summed E-state index contributed by atoms with van der Waals surface area (Å²) < 4.78 is 1.94. The predicted molar refractivity (Wildman–Crippen MR) is 85.8 cm³/mol. The average Bonchev–Trinajstić information content (AvgIpc) is 2.85. The molecule has 0 bridgehead atoms. The fourth-order valence-electron chi connectivity index (χ4n) is 2.46. The highest BCUT2D eigenvalue weighted by Gasteiger charge is 2.15. The SMILES string of the molecule is O=C(NCCC1CCCC1)c1cc(I)ccc1Br. The second-order valence-corrected chi connectivity index (χ2v) is 6.92. The number of carbonyl (C=O) groups excluding carboxylic acids is 1. The van der Waals surface area contributed by atoms with Crippen molar-refractivity contribution in [3.05, 3.63) is 31.8 Å². The highest BCUT2D eigenvalue weighted by molar-refractivity contribution is 14.1. The third kappa shape index (κ3) is 3.95. The first-order valence-corrected chi connectivity index (χ1v) is 8.27. The van der Waals surface area contributed by atoms with Crippen LogP contribution in [0.3, 0.4) is 0 Å². The van der Waals surface area contributed by atoms with Gasteiger partial charge in [-0.3, -0.25) is 4.79 Å². The van der Waals surface area contributed by atoms with Crippen molar-refractivity contribution in [2.75, 3.05) is 6.54 Å². The van der Waals surface area contributed by atoms with Crippen LogP contribution in [-0.4, -0.2) is 12.5 Å². The normalized spacial score (nSPS) is 15.9. The van der Waals surface area contributed by atoms with E-state index in [-0.39, 0.29) is 5.91 Å². The summed E-state index contributed by atoms with van der Waals surface area (Å²) in [5.41, 5.74) is 0.730. The maximum absolute atomic E-state index is 12.0. The van der Waals surface area contributed by atoms with Gasteiger partial charge in [-0.25, -0.2) is 0 Å². The molecule has 1 aliphatic carbocycles. The van der Waals surface area contributed by atoms with Gasteiger partial charge in [-0.2, -0.15) is 0 Å². The Morgan fingerprint density at radius 1 is 1.39 bits per heavy atom. The lowest BCUT2D eigenvalue weighted by Gasteiger charge is -2.10. The minimum Gasteiger partial charge on any atom is -0.352 e. The van der Waals surface area contributed by atoms with E-state index in [1.54, 1.807) is 0 Å². The predicted octanol–water partition coefficient (Wildman–Crippen LogP) is 4.36. The van der Waals surface area contributed by atoms with Crippen molar-refractivity contribution in [1.82, 2.24) is 5.32 Å². The zero-order valence-corrected chi connectivity index (χ0v) is 14.0. The standard InChI is InChI=1S/C14H17BrINO/c15-13-6-5-11(16)9-12(13)14(18)17-8-7-10-3-1-2-4-10/h5-6,9-10H,1-4,7-8H2,(H,17,18). The van der Waals surface area contributed by atoms with Gasteiger partial charge in [0.05, 0.1) is 5.56 Å². The molecule has 1 saturated carbocycles. The van der Waals surface area contributed by atoms with Crippen molar-refractivity contribution >= 4 is 44.4 Å². The zero-order chi connectivity index (χ0) is 13.0. The summed E-state index contributed by atoms with van der Waals surface area (Å²) in [5, 5.41) is 3.02. The molecule has 0 radical (unpaired) electrons. The molecule has 0 atom stereocenters. The molecule has 1 aromatic rings. The summed E-state index contributed by atoms with van der Waals surface area (Å²) >= 11 is 5.65. The maximum Gasteiger partial charge on any atom is 0.252 e. The Bertz CT molecular complexity index is 430. The quantitative estimate of drug-likeness (QED) is 0.718. The highest BCUT2D eigenvalue weighted by atomic mass is 127. The van der Waals surface area contributed by atoms with Crippen LogP contribution >= 0.6 is 38.5 Å². The van der Waals surface area contributed by atoms with Crippen LogP contribution < -0.4 is 5.32 Å². The molecule has 1 aromatic carbocycles. The highest BCUT2D eigenvalue weighted by Crippen LogP contribution is 2.27. The van der Waals surface area contributed by atoms with E-state index in [1.165, 1.54) is 25.7 Å². The number of hydrogen-bond donors (Lipinski definition) is 1. The lowest BCUT2D eigenvalue weighted by molar-refractivity contribution is 0.0950. The molecule has 2 rings (SSSR count). The molecule has 0 aliphatic heterocycles. The Hall–Kier alpha value is -0.100. The fourth-order valence-corrected chi connectivity index (χ4v) is 3.37. The molecule has 98 valence electrons. The monoisotopic (exact) mass is 421 g/mol. The number of carbonyl (C=O) groups is 1. The molecule has 0 heterocycles. The van der Waals surface area contributed by atoms with E-state index in [9.17, 15) is 4.79 Å². The van der Waals surface area contributed by atoms with Gasteiger partial charge in [-0.1, -0.05) is 25.7 Å². The van der Waals surface area contributed by atoms with Gasteiger partial charge < -0.3 is 5.32 Å². The smallest absolute Gasteiger partial charge is 0.252 e. The van der Waals surface area contributed by atoms with Crippen LogP contribution in [-0.2, 0) is 0 Å². The molecule has 18 heavy (non-hydrogen) atoms. The molecule has 0 saturated heterocycles. The van der Waals surface area contributed by atoms with E-state index in [0.717, 1.165) is 32.5 Å². The Balaban J connectivity index is 1.85. The van der Waals surface area contributed by atoms with Gasteiger partial charge in [0.2, 0.25) is 0 Å². The minimum atomic E-state index is 0.0263. The van der Waals surface area contributed by atoms with E-state index >= 15 is 0 Å². The summed E-state index contributed by atoms with van der Waals surface area (Å²) in [5.74, 6) is 0.850. The fraction of sp³-hybridized carbons (Fsp3) is 0.500. The molecule has 4 heteroatoms. The molecule has 1 N–H and O–H groups in total. The lowest BCUT2D eigenvalue weighted by Crippen LogP contribution is -2.26. The van der Waals surface area contributed by atoms with Gasteiger partial charge in [-0.15, -0.1) is 0 Å². The van der Waals surface area contributed by atoms with E-state index in [1.807, 2.05) is 18.2 Å². The molecule has 2 nitrogen and oxygen atoms in total. The zero-order valence-electron chi connectivity index (χ0n) is 10.2. The van der Waals surface area contributed by atoms with Crippen LogP contribution in [0.5, 0.6) is 0 Å². The molecule has 1 fully saturated rings. The van der Waals surface area contributed by atoms with Gasteiger partial charge in [0, 0.05) is 14.6 Å².